The van der Waals surface area contributed by atoms with Gasteiger partial charge in [0.05, 0.1) is 12.6 Å². The third-order valence-electron chi connectivity index (χ3n) is 2.08. The van der Waals surface area contributed by atoms with Crippen LogP contribution in [0.5, 0.6) is 0 Å². The van der Waals surface area contributed by atoms with Gasteiger partial charge in [0.15, 0.2) is 0 Å². The zero-order chi connectivity index (χ0) is 7.68. The van der Waals surface area contributed by atoms with Crippen LogP contribution in [0.25, 0.3) is 0 Å². The molecule has 0 saturated carbocycles. The van der Waals surface area contributed by atoms with Crippen LogP contribution in [0.2, 0.25) is 0 Å². The molecule has 0 fully saturated rings. The molecule has 0 amide bonds. The molecule has 0 saturated heterocycles. The van der Waals surface area contributed by atoms with E-state index in [0.717, 1.165) is 13.0 Å². The highest BCUT2D eigenvalue weighted by atomic mass is 32.1. The Kier molecular flexibility index (Phi) is 1.94. The summed E-state index contributed by atoms with van der Waals surface area (Å²) >= 11 is 1.79. The molecule has 1 aromatic rings. The van der Waals surface area contributed by atoms with E-state index in [0.29, 0.717) is 0 Å². The molecule has 3 heteroatoms. The zero-order valence-corrected chi connectivity index (χ0v) is 7.03. The maximum atomic E-state index is 9.00. The summed E-state index contributed by atoms with van der Waals surface area (Å²) in [5.41, 5.74) is 1.30. The van der Waals surface area contributed by atoms with Crippen LogP contribution in [0.15, 0.2) is 11.4 Å². The van der Waals surface area contributed by atoms with Gasteiger partial charge >= 0.3 is 0 Å². The largest absolute Gasteiger partial charge is 0.394 e. The summed E-state index contributed by atoms with van der Waals surface area (Å²) in [6.45, 7) is 1.21. The predicted molar refractivity (Wildman–Crippen MR) is 45.9 cm³/mol. The lowest BCUT2D eigenvalue weighted by molar-refractivity contribution is 0.241. The second-order valence-corrected chi connectivity index (χ2v) is 3.74. The van der Waals surface area contributed by atoms with E-state index in [1.807, 2.05) is 0 Å². The second kappa shape index (κ2) is 2.93. The van der Waals surface area contributed by atoms with Gasteiger partial charge in [-0.3, -0.25) is 0 Å². The number of aliphatic hydroxyl groups excluding tert-OH is 1. The van der Waals surface area contributed by atoms with Gasteiger partial charge in [-0.1, -0.05) is 0 Å². The van der Waals surface area contributed by atoms with Crippen LogP contribution < -0.4 is 5.32 Å². The van der Waals surface area contributed by atoms with Gasteiger partial charge in [-0.2, -0.15) is 0 Å². The van der Waals surface area contributed by atoms with Gasteiger partial charge in [-0.25, -0.2) is 0 Å². The third kappa shape index (κ3) is 1.20. The highest BCUT2D eigenvalue weighted by Crippen LogP contribution is 2.26. The van der Waals surface area contributed by atoms with Crippen LogP contribution in [0.3, 0.4) is 0 Å². The number of aliphatic hydroxyl groups is 1. The van der Waals surface area contributed by atoms with Gasteiger partial charge in [-0.05, 0) is 23.4 Å². The SMILES string of the molecule is OC[C@@H]1NCCc2sccc21. The van der Waals surface area contributed by atoms with Crippen molar-refractivity contribution in [1.29, 1.82) is 0 Å². The van der Waals surface area contributed by atoms with E-state index >= 15 is 0 Å². The fourth-order valence-corrected chi connectivity index (χ4v) is 2.44. The highest BCUT2D eigenvalue weighted by Gasteiger charge is 2.18. The number of thiophene rings is 1. The summed E-state index contributed by atoms with van der Waals surface area (Å²) in [5, 5.41) is 14.4. The Morgan fingerprint density at radius 2 is 2.64 bits per heavy atom. The zero-order valence-electron chi connectivity index (χ0n) is 6.21. The number of nitrogens with one attached hydrogen (secondary N) is 1. The van der Waals surface area contributed by atoms with Crippen molar-refractivity contribution in [3.05, 3.63) is 21.9 Å². The molecule has 0 aromatic carbocycles. The van der Waals surface area contributed by atoms with E-state index in [1.165, 1.54) is 10.4 Å². The van der Waals surface area contributed by atoms with Gasteiger partial charge in [0.25, 0.3) is 0 Å². The van der Waals surface area contributed by atoms with Crippen molar-refractivity contribution >= 4 is 11.3 Å². The molecular formula is C8H11NOS. The van der Waals surface area contributed by atoms with Gasteiger partial charge < -0.3 is 10.4 Å². The summed E-state index contributed by atoms with van der Waals surface area (Å²) in [4.78, 5) is 1.43. The fourth-order valence-electron chi connectivity index (χ4n) is 1.50. The molecule has 1 aromatic heterocycles. The number of rotatable bonds is 1. The molecule has 60 valence electrons. The lowest BCUT2D eigenvalue weighted by atomic mass is 10.0. The number of hydrogen-bond donors (Lipinski definition) is 2. The average Bonchev–Trinajstić information content (AvgIpc) is 2.50. The van der Waals surface area contributed by atoms with Crippen molar-refractivity contribution in [2.75, 3.05) is 13.2 Å². The third-order valence-corrected chi connectivity index (χ3v) is 3.08. The summed E-state index contributed by atoms with van der Waals surface area (Å²) in [6.07, 6.45) is 1.11. The van der Waals surface area contributed by atoms with Crippen LogP contribution in [0.4, 0.5) is 0 Å². The Morgan fingerprint density at radius 3 is 3.45 bits per heavy atom. The van der Waals surface area contributed by atoms with E-state index < -0.39 is 0 Å². The van der Waals surface area contributed by atoms with Crippen LogP contribution in [-0.2, 0) is 6.42 Å². The molecule has 2 heterocycles. The molecule has 2 rings (SSSR count). The molecular weight excluding hydrogens is 158 g/mol. The quantitative estimate of drug-likeness (QED) is 0.655. The standard InChI is InChI=1S/C8H11NOS/c10-5-7-6-2-4-11-8(6)1-3-9-7/h2,4,7,9-10H,1,3,5H2/t7-/m0/s1. The maximum Gasteiger partial charge on any atom is 0.0626 e. The summed E-state index contributed by atoms with van der Waals surface area (Å²) in [6, 6.07) is 2.29. The number of fused-ring (bicyclic) bond motifs is 1. The summed E-state index contributed by atoms with van der Waals surface area (Å²) < 4.78 is 0. The fraction of sp³-hybridized carbons (Fsp3) is 0.500. The monoisotopic (exact) mass is 169 g/mol. The molecule has 0 radical (unpaired) electrons. The Hall–Kier alpha value is -0.380. The Balaban J connectivity index is 2.32. The highest BCUT2D eigenvalue weighted by molar-refractivity contribution is 7.10. The van der Waals surface area contributed by atoms with Gasteiger partial charge in [-0.15, -0.1) is 11.3 Å². The van der Waals surface area contributed by atoms with Crippen LogP contribution >= 0.6 is 11.3 Å². The molecule has 1 atom stereocenters. The molecule has 0 aliphatic carbocycles. The molecule has 1 aliphatic heterocycles. The first-order chi connectivity index (χ1) is 5.42. The second-order valence-electron chi connectivity index (χ2n) is 2.74. The topological polar surface area (TPSA) is 32.3 Å². The molecule has 1 aliphatic rings. The molecule has 11 heavy (non-hydrogen) atoms. The first kappa shape index (κ1) is 7.28. The minimum atomic E-state index is 0.185. The lowest BCUT2D eigenvalue weighted by Gasteiger charge is -2.21. The molecule has 2 N–H and O–H groups in total. The van der Waals surface area contributed by atoms with Gasteiger partial charge in [0, 0.05) is 11.4 Å². The summed E-state index contributed by atoms with van der Waals surface area (Å²) in [5.74, 6) is 0. The first-order valence-electron chi connectivity index (χ1n) is 3.82. The lowest BCUT2D eigenvalue weighted by Crippen LogP contribution is -2.30. The Morgan fingerprint density at radius 1 is 1.73 bits per heavy atom. The normalized spacial score (nSPS) is 23.2. The molecule has 0 bridgehead atoms. The average molecular weight is 169 g/mol. The van der Waals surface area contributed by atoms with Crippen molar-refractivity contribution < 1.29 is 5.11 Å². The summed E-state index contributed by atoms with van der Waals surface area (Å²) in [7, 11) is 0. The Bertz CT molecular complexity index is 246. The maximum absolute atomic E-state index is 9.00. The van der Waals surface area contributed by atoms with E-state index in [1.54, 1.807) is 11.3 Å². The van der Waals surface area contributed by atoms with Crippen LogP contribution in [0.1, 0.15) is 16.5 Å². The molecule has 0 unspecified atom stereocenters. The van der Waals surface area contributed by atoms with E-state index in [4.69, 9.17) is 5.11 Å². The number of hydrogen-bond acceptors (Lipinski definition) is 3. The Labute approximate surface area is 69.9 Å². The van der Waals surface area contributed by atoms with E-state index in [9.17, 15) is 0 Å². The van der Waals surface area contributed by atoms with E-state index in [2.05, 4.69) is 16.8 Å². The van der Waals surface area contributed by atoms with E-state index in [-0.39, 0.29) is 12.6 Å². The van der Waals surface area contributed by atoms with Crippen LogP contribution in [0, 0.1) is 0 Å². The van der Waals surface area contributed by atoms with Crippen LogP contribution in [-0.4, -0.2) is 18.3 Å². The van der Waals surface area contributed by atoms with Crippen molar-refractivity contribution in [3.63, 3.8) is 0 Å². The van der Waals surface area contributed by atoms with Crippen molar-refractivity contribution in [2.24, 2.45) is 0 Å². The van der Waals surface area contributed by atoms with Gasteiger partial charge in [0.2, 0.25) is 0 Å². The molecule has 0 spiro atoms. The smallest absolute Gasteiger partial charge is 0.0626 e. The minimum absolute atomic E-state index is 0.185. The van der Waals surface area contributed by atoms with Gasteiger partial charge in [0.1, 0.15) is 0 Å². The van der Waals surface area contributed by atoms with Crippen molar-refractivity contribution in [1.82, 2.24) is 5.32 Å². The minimum Gasteiger partial charge on any atom is -0.394 e. The first-order valence-corrected chi connectivity index (χ1v) is 4.70. The molecule has 2 nitrogen and oxygen atoms in total. The van der Waals surface area contributed by atoms with Crippen molar-refractivity contribution in [3.8, 4) is 0 Å². The predicted octanol–water partition coefficient (Wildman–Crippen LogP) is 0.927. The van der Waals surface area contributed by atoms with Crippen molar-refractivity contribution in [2.45, 2.75) is 12.5 Å².